The van der Waals surface area contributed by atoms with Gasteiger partial charge in [-0.3, -0.25) is 9.59 Å². The summed E-state index contributed by atoms with van der Waals surface area (Å²) in [7, 11) is 0. The van der Waals surface area contributed by atoms with Crippen LogP contribution in [0.3, 0.4) is 0 Å². The summed E-state index contributed by atoms with van der Waals surface area (Å²) >= 11 is 0. The Morgan fingerprint density at radius 2 is 1.69 bits per heavy atom. The molecular weight excluding hydrogens is 168 g/mol. The molecule has 0 saturated carbocycles. The van der Waals surface area contributed by atoms with Gasteiger partial charge >= 0.3 is 0 Å². The summed E-state index contributed by atoms with van der Waals surface area (Å²) in [5, 5.41) is 5.22. The summed E-state index contributed by atoms with van der Waals surface area (Å²) in [6.07, 6.45) is 0. The second kappa shape index (κ2) is 5.56. The molecule has 0 aliphatic heterocycles. The molecule has 13 heavy (non-hydrogen) atoms. The minimum atomic E-state index is -0.149. The van der Waals surface area contributed by atoms with Crippen LogP contribution >= 0.6 is 0 Å². The number of rotatable bonds is 4. The maximum atomic E-state index is 11.1. The Morgan fingerprint density at radius 1 is 1.15 bits per heavy atom. The van der Waals surface area contributed by atoms with Gasteiger partial charge in [-0.25, -0.2) is 0 Å². The van der Waals surface area contributed by atoms with Gasteiger partial charge in [-0.15, -0.1) is 0 Å². The van der Waals surface area contributed by atoms with Crippen LogP contribution in [0.25, 0.3) is 0 Å². The Bertz CT molecular complexity index is 188. The van der Waals surface area contributed by atoms with E-state index in [0.717, 1.165) is 0 Å². The summed E-state index contributed by atoms with van der Waals surface area (Å²) < 4.78 is 0. The first-order valence-corrected chi connectivity index (χ1v) is 4.50. The third-order valence-corrected chi connectivity index (χ3v) is 1.40. The Kier molecular flexibility index (Phi) is 5.11. The molecule has 0 atom stereocenters. The SMILES string of the molecule is CC(C)NC(=O)CNC(=O)C(C)C. The van der Waals surface area contributed by atoms with Crippen LogP contribution in [0.15, 0.2) is 0 Å². The number of carbonyl (C=O) groups is 2. The molecule has 0 aromatic carbocycles. The van der Waals surface area contributed by atoms with Crippen LogP contribution < -0.4 is 10.6 Å². The average molecular weight is 186 g/mol. The average Bonchev–Trinajstić information content (AvgIpc) is 1.98. The number of carbonyl (C=O) groups excluding carboxylic acids is 2. The molecular formula is C9H18N2O2. The maximum absolute atomic E-state index is 11.1. The molecule has 0 saturated heterocycles. The van der Waals surface area contributed by atoms with Crippen LogP contribution in [0.2, 0.25) is 0 Å². The Hall–Kier alpha value is -1.06. The normalized spacial score (nSPS) is 10.3. The van der Waals surface area contributed by atoms with Crippen LogP contribution in [0, 0.1) is 5.92 Å². The lowest BCUT2D eigenvalue weighted by molar-refractivity contribution is -0.128. The minimum absolute atomic E-state index is 0.0647. The monoisotopic (exact) mass is 186 g/mol. The number of nitrogens with one attached hydrogen (secondary N) is 2. The van der Waals surface area contributed by atoms with Gasteiger partial charge in [-0.2, -0.15) is 0 Å². The van der Waals surface area contributed by atoms with Gasteiger partial charge in [0.1, 0.15) is 0 Å². The summed E-state index contributed by atoms with van der Waals surface area (Å²) in [6, 6.07) is 0.114. The van der Waals surface area contributed by atoms with Gasteiger partial charge in [0.15, 0.2) is 0 Å². The molecule has 0 radical (unpaired) electrons. The quantitative estimate of drug-likeness (QED) is 0.662. The first-order chi connectivity index (χ1) is 5.93. The fourth-order valence-corrected chi connectivity index (χ4v) is 0.745. The molecule has 0 spiro atoms. The van der Waals surface area contributed by atoms with Crippen LogP contribution in [-0.2, 0) is 9.59 Å². The van der Waals surface area contributed by atoms with E-state index < -0.39 is 0 Å². The highest BCUT2D eigenvalue weighted by atomic mass is 16.2. The van der Waals surface area contributed by atoms with Gasteiger partial charge < -0.3 is 10.6 Å². The van der Waals surface area contributed by atoms with E-state index >= 15 is 0 Å². The van der Waals surface area contributed by atoms with Gasteiger partial charge in [0.05, 0.1) is 6.54 Å². The molecule has 2 amide bonds. The van der Waals surface area contributed by atoms with E-state index in [2.05, 4.69) is 10.6 Å². The maximum Gasteiger partial charge on any atom is 0.239 e. The van der Waals surface area contributed by atoms with Crippen LogP contribution in [-0.4, -0.2) is 24.4 Å². The highest BCUT2D eigenvalue weighted by molar-refractivity contribution is 5.85. The summed E-state index contributed by atoms with van der Waals surface area (Å²) in [4.78, 5) is 22.1. The van der Waals surface area contributed by atoms with Crippen molar-refractivity contribution in [3.63, 3.8) is 0 Å². The smallest absolute Gasteiger partial charge is 0.239 e. The predicted molar refractivity (Wildman–Crippen MR) is 51.1 cm³/mol. The number of amides is 2. The molecule has 2 N–H and O–H groups in total. The van der Waals surface area contributed by atoms with E-state index in [1.54, 1.807) is 13.8 Å². The molecule has 76 valence electrons. The lowest BCUT2D eigenvalue weighted by Gasteiger charge is -2.10. The van der Waals surface area contributed by atoms with Crippen LogP contribution in [0.5, 0.6) is 0 Å². The van der Waals surface area contributed by atoms with E-state index in [-0.39, 0.29) is 30.3 Å². The Morgan fingerprint density at radius 3 is 2.08 bits per heavy atom. The second-order valence-electron chi connectivity index (χ2n) is 3.59. The minimum Gasteiger partial charge on any atom is -0.352 e. The molecule has 4 heteroatoms. The van der Waals surface area contributed by atoms with Gasteiger partial charge in [0.2, 0.25) is 11.8 Å². The van der Waals surface area contributed by atoms with Crippen LogP contribution in [0.4, 0.5) is 0 Å². The lowest BCUT2D eigenvalue weighted by atomic mass is 10.2. The largest absolute Gasteiger partial charge is 0.352 e. The van der Waals surface area contributed by atoms with E-state index in [0.29, 0.717) is 0 Å². The molecule has 0 heterocycles. The van der Waals surface area contributed by atoms with Crippen molar-refractivity contribution in [2.45, 2.75) is 33.7 Å². The van der Waals surface area contributed by atoms with Gasteiger partial charge in [-0.1, -0.05) is 13.8 Å². The van der Waals surface area contributed by atoms with E-state index in [9.17, 15) is 9.59 Å². The van der Waals surface area contributed by atoms with Gasteiger partial charge in [0, 0.05) is 12.0 Å². The third kappa shape index (κ3) is 6.13. The van der Waals surface area contributed by atoms with Crippen molar-refractivity contribution < 1.29 is 9.59 Å². The fourth-order valence-electron chi connectivity index (χ4n) is 0.745. The van der Waals surface area contributed by atoms with Crippen molar-refractivity contribution in [3.8, 4) is 0 Å². The molecule has 0 unspecified atom stereocenters. The van der Waals surface area contributed by atoms with Crippen molar-refractivity contribution in [2.75, 3.05) is 6.54 Å². The topological polar surface area (TPSA) is 58.2 Å². The lowest BCUT2D eigenvalue weighted by Crippen LogP contribution is -2.40. The van der Waals surface area contributed by atoms with Crippen molar-refractivity contribution in [1.29, 1.82) is 0 Å². The second-order valence-corrected chi connectivity index (χ2v) is 3.59. The highest BCUT2D eigenvalue weighted by Gasteiger charge is 2.08. The fraction of sp³-hybridized carbons (Fsp3) is 0.778. The first kappa shape index (κ1) is 11.9. The number of hydrogen-bond acceptors (Lipinski definition) is 2. The molecule has 0 rings (SSSR count). The highest BCUT2D eigenvalue weighted by Crippen LogP contribution is 1.89. The van der Waals surface area contributed by atoms with Crippen molar-refractivity contribution in [1.82, 2.24) is 10.6 Å². The molecule has 0 fully saturated rings. The standard InChI is InChI=1S/C9H18N2O2/c1-6(2)9(13)10-5-8(12)11-7(3)4/h6-7H,5H2,1-4H3,(H,10,13)(H,11,12). The zero-order chi connectivity index (χ0) is 10.4. The Balaban J connectivity index is 3.64. The van der Waals surface area contributed by atoms with E-state index in [4.69, 9.17) is 0 Å². The molecule has 0 aliphatic rings. The zero-order valence-electron chi connectivity index (χ0n) is 8.68. The molecule has 0 aliphatic carbocycles. The Labute approximate surface area is 79.1 Å². The summed E-state index contributed by atoms with van der Waals surface area (Å²) in [5.41, 5.74) is 0. The van der Waals surface area contributed by atoms with Crippen LogP contribution in [0.1, 0.15) is 27.7 Å². The van der Waals surface area contributed by atoms with Gasteiger partial charge in [0.25, 0.3) is 0 Å². The van der Waals surface area contributed by atoms with E-state index in [1.807, 2.05) is 13.8 Å². The summed E-state index contributed by atoms with van der Waals surface area (Å²) in [6.45, 7) is 7.39. The van der Waals surface area contributed by atoms with Crippen molar-refractivity contribution in [2.24, 2.45) is 5.92 Å². The van der Waals surface area contributed by atoms with Crippen molar-refractivity contribution >= 4 is 11.8 Å². The molecule has 0 bridgehead atoms. The first-order valence-electron chi connectivity index (χ1n) is 4.50. The zero-order valence-corrected chi connectivity index (χ0v) is 8.68. The summed E-state index contributed by atoms with van der Waals surface area (Å²) in [5.74, 6) is -0.324. The molecule has 0 aromatic rings. The van der Waals surface area contributed by atoms with Gasteiger partial charge in [-0.05, 0) is 13.8 Å². The van der Waals surface area contributed by atoms with E-state index in [1.165, 1.54) is 0 Å². The number of hydrogen-bond donors (Lipinski definition) is 2. The predicted octanol–water partition coefficient (Wildman–Crippen LogP) is 0.283. The molecule has 0 aromatic heterocycles. The third-order valence-electron chi connectivity index (χ3n) is 1.40. The van der Waals surface area contributed by atoms with Crippen molar-refractivity contribution in [3.05, 3.63) is 0 Å². The molecule has 4 nitrogen and oxygen atoms in total.